The standard InChI is InChI=1S/C20H26N4O2/c1-4-26-19-16(7-5-11-21-19)20(25)24-12-6-8-18(24)17-10-9-15(13-22-17)14-23(2)3/h5,7,9-11,13,18H,4,6,8,12,14H2,1-3H3/t18-/m1/s1. The highest BCUT2D eigenvalue weighted by atomic mass is 16.5. The Morgan fingerprint density at radius 3 is 2.85 bits per heavy atom. The van der Waals surface area contributed by atoms with Crippen molar-refractivity contribution in [3.63, 3.8) is 0 Å². The van der Waals surface area contributed by atoms with Gasteiger partial charge in [-0.15, -0.1) is 0 Å². The summed E-state index contributed by atoms with van der Waals surface area (Å²) in [6.45, 7) is 3.95. The van der Waals surface area contributed by atoms with Gasteiger partial charge in [-0.2, -0.15) is 0 Å². The predicted octanol–water partition coefficient (Wildman–Crippen LogP) is 2.91. The van der Waals surface area contributed by atoms with Crippen LogP contribution in [0.1, 0.15) is 47.4 Å². The first-order chi connectivity index (χ1) is 12.6. The lowest BCUT2D eigenvalue weighted by atomic mass is 10.1. The highest BCUT2D eigenvalue weighted by Gasteiger charge is 2.33. The molecular weight excluding hydrogens is 328 g/mol. The average Bonchev–Trinajstić information content (AvgIpc) is 3.12. The summed E-state index contributed by atoms with van der Waals surface area (Å²) in [5.74, 6) is 0.364. The van der Waals surface area contributed by atoms with Crippen LogP contribution in [-0.4, -0.2) is 52.9 Å². The molecular formula is C20H26N4O2. The van der Waals surface area contributed by atoms with Crippen LogP contribution in [0.5, 0.6) is 5.88 Å². The quantitative estimate of drug-likeness (QED) is 0.798. The number of aromatic nitrogens is 2. The molecule has 0 aliphatic carbocycles. The Balaban J connectivity index is 1.81. The van der Waals surface area contributed by atoms with E-state index in [0.29, 0.717) is 18.1 Å². The van der Waals surface area contributed by atoms with Crippen molar-refractivity contribution in [2.75, 3.05) is 27.2 Å². The molecule has 0 bridgehead atoms. The van der Waals surface area contributed by atoms with Crippen LogP contribution in [0, 0.1) is 0 Å². The fourth-order valence-electron chi connectivity index (χ4n) is 3.37. The van der Waals surface area contributed by atoms with Gasteiger partial charge in [0.1, 0.15) is 5.56 Å². The lowest BCUT2D eigenvalue weighted by Crippen LogP contribution is -2.31. The van der Waals surface area contributed by atoms with Crippen molar-refractivity contribution in [2.24, 2.45) is 0 Å². The maximum Gasteiger partial charge on any atom is 0.259 e. The molecule has 0 N–H and O–H groups in total. The van der Waals surface area contributed by atoms with Crippen LogP contribution in [-0.2, 0) is 6.54 Å². The van der Waals surface area contributed by atoms with E-state index in [9.17, 15) is 4.79 Å². The Labute approximate surface area is 154 Å². The Morgan fingerprint density at radius 1 is 1.31 bits per heavy atom. The van der Waals surface area contributed by atoms with Gasteiger partial charge in [0.25, 0.3) is 5.91 Å². The number of amides is 1. The van der Waals surface area contributed by atoms with E-state index >= 15 is 0 Å². The van der Waals surface area contributed by atoms with Gasteiger partial charge in [-0.25, -0.2) is 4.98 Å². The summed E-state index contributed by atoms with van der Waals surface area (Å²) in [5.41, 5.74) is 2.63. The van der Waals surface area contributed by atoms with Crippen molar-refractivity contribution in [2.45, 2.75) is 32.4 Å². The molecule has 2 aromatic heterocycles. The zero-order chi connectivity index (χ0) is 18.5. The number of carbonyl (C=O) groups is 1. The molecule has 1 aliphatic heterocycles. The number of nitrogens with zero attached hydrogens (tertiary/aromatic N) is 4. The lowest BCUT2D eigenvalue weighted by molar-refractivity contribution is 0.0727. The van der Waals surface area contributed by atoms with Crippen molar-refractivity contribution in [3.05, 3.63) is 53.5 Å². The zero-order valence-corrected chi connectivity index (χ0v) is 15.7. The Kier molecular flexibility index (Phi) is 5.83. The number of hydrogen-bond donors (Lipinski definition) is 0. The van der Waals surface area contributed by atoms with Crippen molar-refractivity contribution in [1.29, 1.82) is 0 Å². The summed E-state index contributed by atoms with van der Waals surface area (Å²) in [6.07, 6.45) is 5.46. The van der Waals surface area contributed by atoms with Gasteiger partial charge in [-0.05, 0) is 57.6 Å². The van der Waals surface area contributed by atoms with Crippen molar-refractivity contribution >= 4 is 5.91 Å². The van der Waals surface area contributed by atoms with Gasteiger partial charge >= 0.3 is 0 Å². The molecule has 0 spiro atoms. The van der Waals surface area contributed by atoms with Gasteiger partial charge in [-0.1, -0.05) is 6.07 Å². The number of ether oxygens (including phenoxy) is 1. The second-order valence-electron chi connectivity index (χ2n) is 6.77. The van der Waals surface area contributed by atoms with E-state index in [0.717, 1.165) is 31.6 Å². The van der Waals surface area contributed by atoms with Crippen LogP contribution >= 0.6 is 0 Å². The predicted molar refractivity (Wildman–Crippen MR) is 100 cm³/mol. The lowest BCUT2D eigenvalue weighted by Gasteiger charge is -2.25. The summed E-state index contributed by atoms with van der Waals surface area (Å²) in [6, 6.07) is 7.70. The van der Waals surface area contributed by atoms with Gasteiger partial charge in [-0.3, -0.25) is 9.78 Å². The molecule has 2 aromatic rings. The van der Waals surface area contributed by atoms with Crippen LogP contribution in [0.2, 0.25) is 0 Å². The molecule has 1 aliphatic rings. The summed E-state index contributed by atoms with van der Waals surface area (Å²) in [4.78, 5) is 26.0. The molecule has 6 nitrogen and oxygen atoms in total. The summed E-state index contributed by atoms with van der Waals surface area (Å²) >= 11 is 0. The fraction of sp³-hybridized carbons (Fsp3) is 0.450. The van der Waals surface area contributed by atoms with E-state index < -0.39 is 0 Å². The molecule has 1 amide bonds. The van der Waals surface area contributed by atoms with Crippen molar-refractivity contribution in [1.82, 2.24) is 19.8 Å². The van der Waals surface area contributed by atoms with Gasteiger partial charge in [0.15, 0.2) is 0 Å². The molecule has 0 saturated carbocycles. The highest BCUT2D eigenvalue weighted by Crippen LogP contribution is 2.33. The van der Waals surface area contributed by atoms with E-state index in [1.54, 1.807) is 18.3 Å². The van der Waals surface area contributed by atoms with E-state index in [2.05, 4.69) is 20.9 Å². The molecule has 1 saturated heterocycles. The Morgan fingerprint density at radius 2 is 2.15 bits per heavy atom. The van der Waals surface area contributed by atoms with E-state index in [1.807, 2.05) is 38.2 Å². The fourth-order valence-corrected chi connectivity index (χ4v) is 3.37. The maximum absolute atomic E-state index is 13.1. The summed E-state index contributed by atoms with van der Waals surface area (Å²) in [5, 5.41) is 0. The minimum atomic E-state index is -0.0387. The SMILES string of the molecule is CCOc1ncccc1C(=O)N1CCC[C@@H]1c1ccc(CN(C)C)cn1. The minimum Gasteiger partial charge on any atom is -0.477 e. The molecule has 26 heavy (non-hydrogen) atoms. The third kappa shape index (κ3) is 4.02. The number of carbonyl (C=O) groups excluding carboxylic acids is 1. The first-order valence-electron chi connectivity index (χ1n) is 9.08. The number of rotatable bonds is 6. The smallest absolute Gasteiger partial charge is 0.259 e. The van der Waals surface area contributed by atoms with Crippen LogP contribution in [0.4, 0.5) is 0 Å². The van der Waals surface area contributed by atoms with Crippen LogP contribution in [0.15, 0.2) is 36.7 Å². The molecule has 1 fully saturated rings. The van der Waals surface area contributed by atoms with E-state index in [-0.39, 0.29) is 11.9 Å². The molecule has 0 radical (unpaired) electrons. The molecule has 3 heterocycles. The van der Waals surface area contributed by atoms with E-state index in [4.69, 9.17) is 4.74 Å². The molecule has 0 aromatic carbocycles. The molecule has 1 atom stereocenters. The van der Waals surface area contributed by atoms with Crippen molar-refractivity contribution in [3.8, 4) is 5.88 Å². The number of hydrogen-bond acceptors (Lipinski definition) is 5. The Bertz CT molecular complexity index is 746. The Hall–Kier alpha value is -2.47. The van der Waals surface area contributed by atoms with Crippen molar-refractivity contribution < 1.29 is 9.53 Å². The summed E-state index contributed by atoms with van der Waals surface area (Å²) in [7, 11) is 4.07. The normalized spacial score (nSPS) is 16.9. The third-order valence-corrected chi connectivity index (χ3v) is 4.48. The molecule has 0 unspecified atom stereocenters. The summed E-state index contributed by atoms with van der Waals surface area (Å²) < 4.78 is 5.53. The second-order valence-corrected chi connectivity index (χ2v) is 6.77. The third-order valence-electron chi connectivity index (χ3n) is 4.48. The van der Waals surface area contributed by atoms with Crippen LogP contribution in [0.3, 0.4) is 0 Å². The largest absolute Gasteiger partial charge is 0.477 e. The maximum atomic E-state index is 13.1. The molecule has 6 heteroatoms. The van der Waals surface area contributed by atoms with Crippen LogP contribution in [0.25, 0.3) is 0 Å². The zero-order valence-electron chi connectivity index (χ0n) is 15.7. The second kappa shape index (κ2) is 8.27. The van der Waals surface area contributed by atoms with Crippen LogP contribution < -0.4 is 4.74 Å². The highest BCUT2D eigenvalue weighted by molar-refractivity contribution is 5.96. The monoisotopic (exact) mass is 354 g/mol. The van der Waals surface area contributed by atoms with Gasteiger partial charge < -0.3 is 14.5 Å². The topological polar surface area (TPSA) is 58.6 Å². The van der Waals surface area contributed by atoms with Gasteiger partial charge in [0.2, 0.25) is 5.88 Å². The van der Waals surface area contributed by atoms with Gasteiger partial charge in [0.05, 0.1) is 18.3 Å². The number of pyridine rings is 2. The van der Waals surface area contributed by atoms with Gasteiger partial charge in [0, 0.05) is 25.5 Å². The first-order valence-corrected chi connectivity index (χ1v) is 9.08. The van der Waals surface area contributed by atoms with E-state index in [1.165, 1.54) is 5.56 Å². The average molecular weight is 354 g/mol. The first kappa shape index (κ1) is 18.3. The minimum absolute atomic E-state index is 0.00517. The number of likely N-dealkylation sites (tertiary alicyclic amines) is 1. The molecule has 138 valence electrons. The molecule has 3 rings (SSSR count).